The molecule has 2 aromatic rings. The number of nitrogens with zero attached hydrogens (tertiary/aromatic N) is 2. The van der Waals surface area contributed by atoms with Gasteiger partial charge in [-0.3, -0.25) is 0 Å². The lowest BCUT2D eigenvalue weighted by atomic mass is 10.3. The Morgan fingerprint density at radius 3 is 2.94 bits per heavy atom. The number of aryl methyl sites for hydroxylation is 2. The molecule has 0 fully saturated rings. The molecule has 0 aliphatic rings. The normalized spacial score (nSPS) is 10.9. The molecule has 0 amide bonds. The van der Waals surface area contributed by atoms with Gasteiger partial charge in [-0.25, -0.2) is 4.98 Å². The van der Waals surface area contributed by atoms with Crippen molar-refractivity contribution in [2.75, 3.05) is 0 Å². The number of hydrogen-bond donors (Lipinski definition) is 1. The smallest absolute Gasteiger partial charge is 0.208 e. The summed E-state index contributed by atoms with van der Waals surface area (Å²) in [7, 11) is 0. The van der Waals surface area contributed by atoms with Gasteiger partial charge in [0.05, 0.1) is 12.7 Å². The first kappa shape index (κ1) is 11.0. The molecule has 0 saturated heterocycles. The summed E-state index contributed by atoms with van der Waals surface area (Å²) in [5, 5.41) is 3.30. The molecule has 0 saturated carbocycles. The van der Waals surface area contributed by atoms with Crippen LogP contribution in [0, 0.1) is 6.92 Å². The highest BCUT2D eigenvalue weighted by Crippen LogP contribution is 2.03. The molecular formula is C12H17N3O. The molecule has 16 heavy (non-hydrogen) atoms. The van der Waals surface area contributed by atoms with E-state index in [1.54, 1.807) is 6.20 Å². The number of rotatable bonds is 5. The lowest BCUT2D eigenvalue weighted by Gasteiger charge is -1.99. The molecule has 2 heterocycles. The van der Waals surface area contributed by atoms with Crippen LogP contribution in [0.3, 0.4) is 0 Å². The second-order valence-corrected chi connectivity index (χ2v) is 3.82. The second-order valence-electron chi connectivity index (χ2n) is 3.82. The summed E-state index contributed by atoms with van der Waals surface area (Å²) < 4.78 is 7.53. The molecular weight excluding hydrogens is 202 g/mol. The molecule has 0 aliphatic heterocycles. The van der Waals surface area contributed by atoms with E-state index < -0.39 is 0 Å². The van der Waals surface area contributed by atoms with E-state index >= 15 is 0 Å². The number of nitrogens with one attached hydrogen (secondary N) is 1. The first-order valence-corrected chi connectivity index (χ1v) is 5.54. The molecule has 0 aliphatic carbocycles. The average Bonchev–Trinajstić information content (AvgIpc) is 2.88. The molecule has 2 rings (SSSR count). The quantitative estimate of drug-likeness (QED) is 0.837. The van der Waals surface area contributed by atoms with Crippen LogP contribution in [0.5, 0.6) is 0 Å². The number of hydrogen-bond acceptors (Lipinski definition) is 3. The van der Waals surface area contributed by atoms with Crippen LogP contribution in [-0.2, 0) is 19.6 Å². The van der Waals surface area contributed by atoms with Gasteiger partial charge in [0, 0.05) is 25.5 Å². The van der Waals surface area contributed by atoms with Crippen molar-refractivity contribution in [2.24, 2.45) is 0 Å². The zero-order valence-electron chi connectivity index (χ0n) is 9.73. The Balaban J connectivity index is 1.79. The topological polar surface area (TPSA) is 43.0 Å². The molecule has 0 bridgehead atoms. The van der Waals surface area contributed by atoms with Crippen molar-refractivity contribution in [2.45, 2.75) is 33.5 Å². The first-order valence-electron chi connectivity index (χ1n) is 5.54. The summed E-state index contributed by atoms with van der Waals surface area (Å²) in [6.45, 7) is 6.56. The van der Waals surface area contributed by atoms with E-state index in [0.717, 1.165) is 24.7 Å². The standard InChI is InChI=1S/C12H17N3O/c1-3-15-5-4-11(9-15)7-13-8-12-14-6-10(2)16-12/h4-6,9,13H,3,7-8H2,1-2H3. The third-order valence-electron chi connectivity index (χ3n) is 2.45. The van der Waals surface area contributed by atoms with Gasteiger partial charge in [-0.05, 0) is 25.5 Å². The highest BCUT2D eigenvalue weighted by Gasteiger charge is 2.00. The van der Waals surface area contributed by atoms with E-state index in [-0.39, 0.29) is 0 Å². The Labute approximate surface area is 95.3 Å². The van der Waals surface area contributed by atoms with Gasteiger partial charge in [-0.2, -0.15) is 0 Å². The summed E-state index contributed by atoms with van der Waals surface area (Å²) in [5.41, 5.74) is 1.28. The second kappa shape index (κ2) is 4.99. The van der Waals surface area contributed by atoms with Gasteiger partial charge in [-0.1, -0.05) is 0 Å². The van der Waals surface area contributed by atoms with Crippen molar-refractivity contribution in [3.05, 3.63) is 41.9 Å². The Morgan fingerprint density at radius 2 is 2.31 bits per heavy atom. The average molecular weight is 219 g/mol. The molecule has 4 heteroatoms. The summed E-state index contributed by atoms with van der Waals surface area (Å²) in [4.78, 5) is 4.13. The Morgan fingerprint density at radius 1 is 1.44 bits per heavy atom. The molecule has 1 N–H and O–H groups in total. The minimum absolute atomic E-state index is 0.672. The van der Waals surface area contributed by atoms with Gasteiger partial charge >= 0.3 is 0 Å². The van der Waals surface area contributed by atoms with Crippen molar-refractivity contribution in [1.29, 1.82) is 0 Å². The van der Waals surface area contributed by atoms with Gasteiger partial charge in [-0.15, -0.1) is 0 Å². The van der Waals surface area contributed by atoms with Gasteiger partial charge in [0.15, 0.2) is 0 Å². The van der Waals surface area contributed by atoms with E-state index in [1.165, 1.54) is 5.56 Å². The minimum Gasteiger partial charge on any atom is -0.445 e. The Kier molecular flexibility index (Phi) is 3.41. The van der Waals surface area contributed by atoms with Crippen molar-refractivity contribution in [3.63, 3.8) is 0 Å². The van der Waals surface area contributed by atoms with Crippen LogP contribution in [0.2, 0.25) is 0 Å². The van der Waals surface area contributed by atoms with Crippen LogP contribution in [0.25, 0.3) is 0 Å². The molecule has 0 radical (unpaired) electrons. The zero-order chi connectivity index (χ0) is 11.4. The number of oxazole rings is 1. The van der Waals surface area contributed by atoms with Crippen LogP contribution < -0.4 is 5.32 Å². The first-order chi connectivity index (χ1) is 7.78. The lowest BCUT2D eigenvalue weighted by Crippen LogP contribution is -2.12. The predicted octanol–water partition coefficient (Wildman–Crippen LogP) is 2.09. The molecule has 0 spiro atoms. The summed E-state index contributed by atoms with van der Waals surface area (Å²) in [6, 6.07) is 2.12. The maximum absolute atomic E-state index is 5.37. The van der Waals surface area contributed by atoms with Crippen LogP contribution in [0.1, 0.15) is 24.1 Å². The third-order valence-corrected chi connectivity index (χ3v) is 2.45. The predicted molar refractivity (Wildman–Crippen MR) is 61.9 cm³/mol. The van der Waals surface area contributed by atoms with Crippen molar-refractivity contribution in [3.8, 4) is 0 Å². The van der Waals surface area contributed by atoms with Crippen LogP contribution in [0.4, 0.5) is 0 Å². The van der Waals surface area contributed by atoms with Gasteiger partial charge < -0.3 is 14.3 Å². The monoisotopic (exact) mass is 219 g/mol. The van der Waals surface area contributed by atoms with E-state index in [0.29, 0.717) is 6.54 Å². The maximum atomic E-state index is 5.37. The fraction of sp³-hybridized carbons (Fsp3) is 0.417. The van der Waals surface area contributed by atoms with Crippen molar-refractivity contribution < 1.29 is 4.42 Å². The van der Waals surface area contributed by atoms with E-state index in [2.05, 4.69) is 40.3 Å². The highest BCUT2D eigenvalue weighted by molar-refractivity contribution is 5.09. The minimum atomic E-state index is 0.672. The Bertz CT molecular complexity index is 445. The fourth-order valence-corrected chi connectivity index (χ4v) is 1.59. The zero-order valence-corrected chi connectivity index (χ0v) is 9.73. The largest absolute Gasteiger partial charge is 0.445 e. The van der Waals surface area contributed by atoms with Crippen LogP contribution in [-0.4, -0.2) is 9.55 Å². The van der Waals surface area contributed by atoms with Gasteiger partial charge in [0.2, 0.25) is 5.89 Å². The molecule has 0 unspecified atom stereocenters. The molecule has 0 atom stereocenters. The lowest BCUT2D eigenvalue weighted by molar-refractivity contribution is 0.449. The summed E-state index contributed by atoms with van der Waals surface area (Å²) >= 11 is 0. The van der Waals surface area contributed by atoms with Crippen LogP contribution in [0.15, 0.2) is 29.1 Å². The third kappa shape index (κ3) is 2.73. The number of aromatic nitrogens is 2. The van der Waals surface area contributed by atoms with Crippen LogP contribution >= 0.6 is 0 Å². The Hall–Kier alpha value is -1.55. The van der Waals surface area contributed by atoms with Gasteiger partial charge in [0.25, 0.3) is 0 Å². The van der Waals surface area contributed by atoms with Crippen molar-refractivity contribution in [1.82, 2.24) is 14.9 Å². The summed E-state index contributed by atoms with van der Waals surface area (Å²) in [5.74, 6) is 1.60. The fourth-order valence-electron chi connectivity index (χ4n) is 1.59. The van der Waals surface area contributed by atoms with E-state index in [4.69, 9.17) is 4.42 Å². The molecule has 86 valence electrons. The van der Waals surface area contributed by atoms with E-state index in [9.17, 15) is 0 Å². The van der Waals surface area contributed by atoms with Crippen molar-refractivity contribution >= 4 is 0 Å². The SMILES string of the molecule is CCn1ccc(CNCc2ncc(C)o2)c1. The highest BCUT2D eigenvalue weighted by atomic mass is 16.4. The molecule has 0 aromatic carbocycles. The summed E-state index contributed by atoms with van der Waals surface area (Å²) in [6.07, 6.45) is 5.98. The molecule has 2 aromatic heterocycles. The van der Waals surface area contributed by atoms with E-state index in [1.807, 2.05) is 6.92 Å². The van der Waals surface area contributed by atoms with Gasteiger partial charge in [0.1, 0.15) is 5.76 Å². The maximum Gasteiger partial charge on any atom is 0.208 e. The molecule has 4 nitrogen and oxygen atoms in total.